The van der Waals surface area contributed by atoms with Crippen LogP contribution >= 0.6 is 0 Å². The number of nitrogens with zero attached hydrogens (tertiary/aromatic N) is 1. The second-order valence-electron chi connectivity index (χ2n) is 3.46. The third-order valence-corrected chi connectivity index (χ3v) is 3.64. The summed E-state index contributed by atoms with van der Waals surface area (Å²) in [6.45, 7) is 2.74. The molecular weight excluding hydrogens is 210 g/mol. The van der Waals surface area contributed by atoms with Gasteiger partial charge >= 0.3 is 0 Å². The number of aromatic nitrogens is 1. The van der Waals surface area contributed by atoms with E-state index in [1.807, 2.05) is 19.1 Å². The molecule has 0 aliphatic carbocycles. The van der Waals surface area contributed by atoms with Crippen LogP contribution in [0.25, 0.3) is 0 Å². The van der Waals surface area contributed by atoms with E-state index >= 15 is 0 Å². The molecule has 3 N–H and O–H groups in total. The highest BCUT2D eigenvalue weighted by Gasteiger charge is 2.05. The Labute approximate surface area is 92.7 Å². The van der Waals surface area contributed by atoms with Crippen molar-refractivity contribution in [2.45, 2.75) is 18.6 Å². The molecule has 4 nitrogen and oxygen atoms in total. The lowest BCUT2D eigenvalue weighted by molar-refractivity contribution is 0.672. The Hall–Kier alpha value is -1.10. The van der Waals surface area contributed by atoms with E-state index in [1.54, 1.807) is 12.5 Å². The third kappa shape index (κ3) is 3.87. The van der Waals surface area contributed by atoms with E-state index < -0.39 is 10.8 Å². The summed E-state index contributed by atoms with van der Waals surface area (Å²) in [6.07, 6.45) is 4.24. The van der Waals surface area contributed by atoms with E-state index in [1.165, 1.54) is 0 Å². The van der Waals surface area contributed by atoms with Crippen LogP contribution in [-0.4, -0.2) is 27.2 Å². The number of anilines is 2. The van der Waals surface area contributed by atoms with Gasteiger partial charge in [0, 0.05) is 35.0 Å². The molecule has 0 aliphatic heterocycles. The molecule has 2 atom stereocenters. The van der Waals surface area contributed by atoms with E-state index in [-0.39, 0.29) is 5.25 Å². The van der Waals surface area contributed by atoms with Gasteiger partial charge in [-0.15, -0.1) is 0 Å². The lowest BCUT2D eigenvalue weighted by atomic mass is 10.3. The van der Waals surface area contributed by atoms with E-state index in [0.29, 0.717) is 5.82 Å². The molecule has 0 spiro atoms. The Balaban J connectivity index is 2.38. The van der Waals surface area contributed by atoms with Gasteiger partial charge in [-0.1, -0.05) is 6.92 Å². The minimum absolute atomic E-state index is 0.204. The van der Waals surface area contributed by atoms with Crippen molar-refractivity contribution in [3.05, 3.63) is 18.3 Å². The summed E-state index contributed by atoms with van der Waals surface area (Å²) >= 11 is 0. The van der Waals surface area contributed by atoms with Crippen LogP contribution in [0.1, 0.15) is 13.3 Å². The van der Waals surface area contributed by atoms with Crippen molar-refractivity contribution in [3.8, 4) is 0 Å². The van der Waals surface area contributed by atoms with Gasteiger partial charge in [0.1, 0.15) is 5.82 Å². The molecule has 0 saturated carbocycles. The topological polar surface area (TPSA) is 68.0 Å². The van der Waals surface area contributed by atoms with E-state index in [9.17, 15) is 4.21 Å². The van der Waals surface area contributed by atoms with Gasteiger partial charge in [-0.05, 0) is 18.6 Å². The third-order valence-electron chi connectivity index (χ3n) is 2.27. The van der Waals surface area contributed by atoms with Gasteiger partial charge in [-0.25, -0.2) is 4.98 Å². The fourth-order valence-electron chi connectivity index (χ4n) is 1.14. The number of nitrogen functional groups attached to an aromatic ring is 1. The highest BCUT2D eigenvalue weighted by atomic mass is 32.2. The number of rotatable bonds is 5. The van der Waals surface area contributed by atoms with Gasteiger partial charge in [-0.3, -0.25) is 4.21 Å². The quantitative estimate of drug-likeness (QED) is 0.794. The predicted molar refractivity (Wildman–Crippen MR) is 65.3 cm³/mol. The zero-order valence-electron chi connectivity index (χ0n) is 9.06. The van der Waals surface area contributed by atoms with E-state index in [2.05, 4.69) is 10.3 Å². The minimum Gasteiger partial charge on any atom is -0.382 e. The highest BCUT2D eigenvalue weighted by Crippen LogP contribution is 2.13. The highest BCUT2D eigenvalue weighted by molar-refractivity contribution is 7.84. The molecule has 1 heterocycles. The van der Waals surface area contributed by atoms with Crippen molar-refractivity contribution < 1.29 is 4.21 Å². The molecule has 2 unspecified atom stereocenters. The molecule has 0 bridgehead atoms. The molecule has 1 aromatic heterocycles. The van der Waals surface area contributed by atoms with Crippen molar-refractivity contribution in [2.24, 2.45) is 0 Å². The number of hydrogen-bond donors (Lipinski definition) is 2. The van der Waals surface area contributed by atoms with Crippen LogP contribution in [-0.2, 0) is 10.8 Å². The maximum Gasteiger partial charge on any atom is 0.146 e. The zero-order valence-corrected chi connectivity index (χ0v) is 9.88. The second kappa shape index (κ2) is 5.70. The summed E-state index contributed by atoms with van der Waals surface area (Å²) in [7, 11) is -0.760. The first-order valence-electron chi connectivity index (χ1n) is 4.88. The summed E-state index contributed by atoms with van der Waals surface area (Å²) in [6, 6.07) is 3.72. The van der Waals surface area contributed by atoms with Crippen molar-refractivity contribution in [1.29, 1.82) is 0 Å². The van der Waals surface area contributed by atoms with Crippen molar-refractivity contribution in [2.75, 3.05) is 23.9 Å². The van der Waals surface area contributed by atoms with Crippen LogP contribution < -0.4 is 11.1 Å². The smallest absolute Gasteiger partial charge is 0.146 e. The Morgan fingerprint density at radius 1 is 1.67 bits per heavy atom. The fraction of sp³-hybridized carbons (Fsp3) is 0.500. The average molecular weight is 227 g/mol. The van der Waals surface area contributed by atoms with Crippen molar-refractivity contribution >= 4 is 22.3 Å². The molecule has 0 saturated heterocycles. The zero-order chi connectivity index (χ0) is 11.3. The molecule has 84 valence electrons. The molecule has 0 radical (unpaired) electrons. The molecule has 1 rings (SSSR count). The van der Waals surface area contributed by atoms with Crippen LogP contribution in [0.4, 0.5) is 11.5 Å². The summed E-state index contributed by atoms with van der Waals surface area (Å²) in [4.78, 5) is 3.97. The largest absolute Gasteiger partial charge is 0.382 e. The van der Waals surface area contributed by atoms with Gasteiger partial charge in [0.15, 0.2) is 0 Å². The van der Waals surface area contributed by atoms with Crippen LogP contribution in [0, 0.1) is 0 Å². The fourth-order valence-corrected chi connectivity index (χ4v) is 1.59. The van der Waals surface area contributed by atoms with Crippen LogP contribution in [0.5, 0.6) is 0 Å². The molecule has 0 fully saturated rings. The average Bonchev–Trinajstić information content (AvgIpc) is 2.20. The van der Waals surface area contributed by atoms with E-state index in [4.69, 9.17) is 5.73 Å². The summed E-state index contributed by atoms with van der Waals surface area (Å²) < 4.78 is 11.1. The Bertz CT molecular complexity index is 343. The first kappa shape index (κ1) is 12.0. The number of nitrogens with two attached hydrogens (primary N) is 1. The first-order valence-corrected chi connectivity index (χ1v) is 6.50. The minimum atomic E-state index is -0.760. The normalized spacial score (nSPS) is 14.5. The molecule has 0 aliphatic rings. The SMILES string of the molecule is CC(CCNc1cccnc1N)S(C)=O. The molecule has 0 amide bonds. The number of nitrogens with one attached hydrogen (secondary N) is 1. The van der Waals surface area contributed by atoms with Crippen LogP contribution in [0.15, 0.2) is 18.3 Å². The maximum absolute atomic E-state index is 11.1. The molecule has 15 heavy (non-hydrogen) atoms. The predicted octanol–water partition coefficient (Wildman–Crippen LogP) is 1.23. The molecule has 5 heteroatoms. The Morgan fingerprint density at radius 3 is 3.00 bits per heavy atom. The van der Waals surface area contributed by atoms with Gasteiger partial charge < -0.3 is 11.1 Å². The Kier molecular flexibility index (Phi) is 4.55. The van der Waals surface area contributed by atoms with Crippen LogP contribution in [0.3, 0.4) is 0 Å². The van der Waals surface area contributed by atoms with Gasteiger partial charge in [0.2, 0.25) is 0 Å². The molecular formula is C10H17N3OS. The van der Waals surface area contributed by atoms with Crippen molar-refractivity contribution in [1.82, 2.24) is 4.98 Å². The van der Waals surface area contributed by atoms with Gasteiger partial charge in [-0.2, -0.15) is 0 Å². The molecule has 1 aromatic rings. The standard InChI is InChI=1S/C10H17N3OS/c1-8(15(2)14)5-7-12-9-4-3-6-13-10(9)11/h3-4,6,8,12H,5,7H2,1-2H3,(H2,11,13). The van der Waals surface area contributed by atoms with Crippen molar-refractivity contribution in [3.63, 3.8) is 0 Å². The van der Waals surface area contributed by atoms with E-state index in [0.717, 1.165) is 18.7 Å². The first-order chi connectivity index (χ1) is 7.11. The number of hydrogen-bond acceptors (Lipinski definition) is 4. The van der Waals surface area contributed by atoms with Gasteiger partial charge in [0.05, 0.1) is 5.69 Å². The monoisotopic (exact) mass is 227 g/mol. The number of pyridine rings is 1. The summed E-state index contributed by atoms with van der Waals surface area (Å²) in [5.74, 6) is 0.503. The van der Waals surface area contributed by atoms with Gasteiger partial charge in [0.25, 0.3) is 0 Å². The summed E-state index contributed by atoms with van der Waals surface area (Å²) in [5, 5.41) is 3.38. The summed E-state index contributed by atoms with van der Waals surface area (Å²) in [5.41, 5.74) is 6.50. The lowest BCUT2D eigenvalue weighted by Crippen LogP contribution is -2.15. The Morgan fingerprint density at radius 2 is 2.40 bits per heavy atom. The van der Waals surface area contributed by atoms with Crippen LogP contribution in [0.2, 0.25) is 0 Å². The lowest BCUT2D eigenvalue weighted by Gasteiger charge is -2.11. The maximum atomic E-state index is 11.1. The molecule has 0 aromatic carbocycles. The second-order valence-corrected chi connectivity index (χ2v) is 5.26.